The number of carboxylic acid groups (broad SMARTS) is 1. The van der Waals surface area contributed by atoms with Crippen LogP contribution in [0, 0.1) is 0 Å². The number of carbonyl (C=O) groups is 8. The number of hydrogen-bond donors (Lipinski definition) is 12. The zero-order valence-electron chi connectivity index (χ0n) is 54.1. The van der Waals surface area contributed by atoms with Crippen LogP contribution in [0.25, 0.3) is 0 Å². The molecule has 3 aliphatic rings. The number of hydrogen-bond acceptors (Lipinski definition) is 23. The number of alkyl halides is 3. The molecule has 15 atom stereocenters. The number of halogens is 3. The average molecular weight is 1430 g/mol. The highest BCUT2D eigenvalue weighted by Gasteiger charge is 2.58. The van der Waals surface area contributed by atoms with Gasteiger partial charge in [0.2, 0.25) is 0 Å². The first-order valence-corrected chi connectivity index (χ1v) is 31.6. The van der Waals surface area contributed by atoms with Crippen LogP contribution in [0.1, 0.15) is 6.42 Å². The third-order valence-corrected chi connectivity index (χ3v) is 15.4. The molecular formula is C69H72F3N11O20. The molecule has 2 heterocycles. The molecule has 544 valence electrons. The normalized spacial score (nSPS) is 24.2. The van der Waals surface area contributed by atoms with Crippen molar-refractivity contribution in [2.45, 2.75) is 104 Å². The quantitative estimate of drug-likeness (QED) is 0.0316. The maximum absolute atomic E-state index is 14.5. The number of para-hydroxylation sites is 7. The van der Waals surface area contributed by atoms with E-state index >= 15 is 0 Å². The van der Waals surface area contributed by atoms with E-state index < -0.39 is 160 Å². The van der Waals surface area contributed by atoms with E-state index in [0.717, 1.165) is 0 Å². The van der Waals surface area contributed by atoms with E-state index in [1.807, 2.05) is 0 Å². The van der Waals surface area contributed by atoms with E-state index in [0.29, 0.717) is 17.1 Å². The van der Waals surface area contributed by atoms with Crippen LogP contribution < -0.4 is 60.2 Å². The third kappa shape index (κ3) is 22.4. The predicted octanol–water partition coefficient (Wildman–Crippen LogP) is 9.14. The van der Waals surface area contributed by atoms with Gasteiger partial charge in [-0.05, 0) is 91.3 Å². The Morgan fingerprint density at radius 2 is 0.621 bits per heavy atom. The number of carboxylic acids is 1. The Labute approximate surface area is 585 Å². The van der Waals surface area contributed by atoms with Crippen LogP contribution in [-0.4, -0.2) is 165 Å². The van der Waals surface area contributed by atoms with Crippen LogP contribution in [0.2, 0.25) is 0 Å². The number of carbonyl (C=O) groups excluding carboxylic acids is 7. The van der Waals surface area contributed by atoms with Crippen molar-refractivity contribution in [1.82, 2.24) is 0 Å². The van der Waals surface area contributed by atoms with E-state index in [4.69, 9.17) is 84.9 Å². The van der Waals surface area contributed by atoms with Gasteiger partial charge in [0.25, 0.3) is 0 Å². The number of anilines is 7. The molecule has 3 fully saturated rings. The lowest BCUT2D eigenvalue weighted by Gasteiger charge is -2.50. The number of ether oxygens (including phenoxy) is 11. The fourth-order valence-corrected chi connectivity index (χ4v) is 10.7. The van der Waals surface area contributed by atoms with E-state index in [9.17, 15) is 46.7 Å². The van der Waals surface area contributed by atoms with Crippen LogP contribution in [0.4, 0.5) is 86.5 Å². The molecule has 0 unspecified atom stereocenters. The standard InChI is InChI=1S/C67H71N11O18.C2HF3O2/c68-37-48-54(92-63(81)74-41-26-12-3-13-27-41)57(95-66(84)77-44-32-18-6-19-33-44)58(96-67(85)78-45-34-20-7-21-35-45)60(87-48)90-52-47(70)36-46(69)51(56(52)94-65(83)76-43-30-16-5-17-31-43)89-59-55(93-64(82)75-42-28-14-4-15-29-42)50(71)53(91-62(80)73-40-24-10-2-11-25-40)49(88-59)38-86-61(79)72-39-22-8-1-9-23-39;3-2(4,5)1(6)7/h1-35,46-60H,36-38,68-71H2,(H,72,79)(H,73,80)(H,74,81)(H,75,82)(H,76,83)(H,77,84)(H,78,85);(H,6,7)/t46-,47+,48-,49-,50+,51+,52-,53-,54-,55-,56-,57+,58-,59-,60-;/m1./s1. The van der Waals surface area contributed by atoms with Gasteiger partial charge in [0.15, 0.2) is 49.2 Å². The summed E-state index contributed by atoms with van der Waals surface area (Å²) in [6.45, 7) is -1.17. The summed E-state index contributed by atoms with van der Waals surface area (Å²) in [5.41, 5.74) is 29.7. The monoisotopic (exact) mass is 1430 g/mol. The predicted molar refractivity (Wildman–Crippen MR) is 362 cm³/mol. The zero-order valence-corrected chi connectivity index (χ0v) is 54.1. The molecule has 7 amide bonds. The van der Waals surface area contributed by atoms with Gasteiger partial charge >= 0.3 is 54.8 Å². The summed E-state index contributed by atoms with van der Waals surface area (Å²) in [6, 6.07) is 53.2. The van der Waals surface area contributed by atoms with Gasteiger partial charge in [-0.3, -0.25) is 37.2 Å². The minimum Gasteiger partial charge on any atom is -0.475 e. The van der Waals surface area contributed by atoms with E-state index in [1.165, 1.54) is 0 Å². The molecule has 1 aliphatic carbocycles. The fourth-order valence-electron chi connectivity index (χ4n) is 10.7. The number of aliphatic carboxylic acids is 1. The molecule has 10 rings (SSSR count). The zero-order chi connectivity index (χ0) is 73.4. The summed E-state index contributed by atoms with van der Waals surface area (Å²) in [5.74, 6) is -2.76. The average Bonchev–Trinajstić information content (AvgIpc) is 0.767. The second-order valence-corrected chi connectivity index (χ2v) is 22.7. The highest BCUT2D eigenvalue weighted by molar-refractivity contribution is 5.88. The van der Waals surface area contributed by atoms with Crippen molar-refractivity contribution in [3.05, 3.63) is 212 Å². The second kappa shape index (κ2) is 36.6. The Morgan fingerprint density at radius 3 is 0.932 bits per heavy atom. The summed E-state index contributed by atoms with van der Waals surface area (Å²) in [7, 11) is 0. The number of amides is 7. The van der Waals surface area contributed by atoms with E-state index in [-0.39, 0.29) is 29.2 Å². The molecule has 2 saturated heterocycles. The number of rotatable bonds is 20. The Morgan fingerprint density at radius 1 is 0.369 bits per heavy atom. The first kappa shape index (κ1) is 75.6. The van der Waals surface area contributed by atoms with Gasteiger partial charge < -0.3 is 80.1 Å². The molecule has 0 radical (unpaired) electrons. The van der Waals surface area contributed by atoms with Crippen LogP contribution in [0.5, 0.6) is 0 Å². The van der Waals surface area contributed by atoms with Crippen LogP contribution in [0.15, 0.2) is 212 Å². The maximum Gasteiger partial charge on any atom is 0.490 e. The highest BCUT2D eigenvalue weighted by Crippen LogP contribution is 2.37. The Bertz CT molecular complexity index is 3900. The molecule has 2 aliphatic heterocycles. The van der Waals surface area contributed by atoms with Crippen LogP contribution >= 0.6 is 0 Å². The minimum atomic E-state index is -5.08. The van der Waals surface area contributed by atoms with Gasteiger partial charge in [-0.15, -0.1) is 0 Å². The number of nitrogens with two attached hydrogens (primary N) is 4. The number of benzene rings is 7. The summed E-state index contributed by atoms with van der Waals surface area (Å²) in [5, 5.41) is 25.5. The molecule has 0 aromatic heterocycles. The molecule has 103 heavy (non-hydrogen) atoms. The smallest absolute Gasteiger partial charge is 0.475 e. The van der Waals surface area contributed by atoms with Gasteiger partial charge in [-0.1, -0.05) is 127 Å². The molecule has 7 aromatic rings. The van der Waals surface area contributed by atoms with Gasteiger partial charge in [-0.25, -0.2) is 38.4 Å². The van der Waals surface area contributed by atoms with Crippen LogP contribution in [-0.2, 0) is 56.9 Å². The summed E-state index contributed by atoms with van der Waals surface area (Å²) < 4.78 is 101. The van der Waals surface area contributed by atoms with Crippen molar-refractivity contribution in [2.75, 3.05) is 50.4 Å². The van der Waals surface area contributed by atoms with Crippen molar-refractivity contribution < 1.29 is 109 Å². The number of nitrogens with one attached hydrogen (secondary N) is 7. The fraction of sp³-hybridized carbons (Fsp3) is 0.275. The summed E-state index contributed by atoms with van der Waals surface area (Å²) >= 11 is 0. The SMILES string of the molecule is NC[C@H]1O[C@H](O[C@H]2[C@H](OC(=O)Nc3ccccc3)[C@@H](O[C@H]3O[C@H](COC(=O)Nc4ccccc4)[C@@H](OC(=O)Nc4ccccc4)[C@H](N)[C@H]3OC(=O)Nc3ccccc3)[C@H](N)C[C@@H]2N)[C@H](OC(=O)Nc2ccccc2)[C@@H](OC(=O)Nc2ccccc2)[C@@H]1OC(=O)Nc1ccccc1.O=C(O)C(F)(F)F. The molecule has 7 aromatic carbocycles. The minimum absolute atomic E-state index is 0.246. The lowest BCUT2D eigenvalue weighted by Crippen LogP contribution is -2.70. The lowest BCUT2D eigenvalue weighted by molar-refractivity contribution is -0.328. The maximum atomic E-state index is 14.5. The second-order valence-electron chi connectivity index (χ2n) is 22.7. The Balaban J connectivity index is 0.00000167. The van der Waals surface area contributed by atoms with Gasteiger partial charge in [0, 0.05) is 58.4 Å². The molecule has 0 bridgehead atoms. The van der Waals surface area contributed by atoms with E-state index in [2.05, 4.69) is 37.2 Å². The summed E-state index contributed by atoms with van der Waals surface area (Å²) in [4.78, 5) is 107. The largest absolute Gasteiger partial charge is 0.490 e. The van der Waals surface area contributed by atoms with Crippen LogP contribution in [0.3, 0.4) is 0 Å². The molecule has 16 N–H and O–H groups in total. The molecule has 34 heteroatoms. The van der Waals surface area contributed by atoms with Crippen molar-refractivity contribution in [3.63, 3.8) is 0 Å². The highest BCUT2D eigenvalue weighted by atomic mass is 19.4. The van der Waals surface area contributed by atoms with Gasteiger partial charge in [-0.2, -0.15) is 13.2 Å². The van der Waals surface area contributed by atoms with Crippen molar-refractivity contribution >= 4 is 88.4 Å². The molecule has 31 nitrogen and oxygen atoms in total. The molecule has 0 spiro atoms. The molecular weight excluding hydrogens is 1360 g/mol. The van der Waals surface area contributed by atoms with Crippen molar-refractivity contribution in [2.24, 2.45) is 22.9 Å². The van der Waals surface area contributed by atoms with Crippen molar-refractivity contribution in [1.29, 1.82) is 0 Å². The van der Waals surface area contributed by atoms with Gasteiger partial charge in [0.05, 0.1) is 6.04 Å². The third-order valence-electron chi connectivity index (χ3n) is 15.4. The Hall–Kier alpha value is -11.6. The first-order chi connectivity index (χ1) is 49.6. The van der Waals surface area contributed by atoms with Crippen molar-refractivity contribution in [3.8, 4) is 0 Å². The van der Waals surface area contributed by atoms with E-state index in [1.54, 1.807) is 212 Å². The first-order valence-electron chi connectivity index (χ1n) is 31.6. The lowest BCUT2D eigenvalue weighted by atomic mass is 9.84. The summed E-state index contributed by atoms with van der Waals surface area (Å²) in [6.07, 6.45) is -33.9. The Kier molecular flexibility index (Phi) is 26.9. The molecule has 1 saturated carbocycles. The topological polar surface area (TPSA) is 447 Å². The van der Waals surface area contributed by atoms with Gasteiger partial charge in [0.1, 0.15) is 31.0 Å².